The second kappa shape index (κ2) is 10.7. The molecule has 0 saturated heterocycles. The molecule has 160 valence electrons. The smallest absolute Gasteiger partial charge is 0.414 e. The van der Waals surface area contributed by atoms with Crippen LogP contribution in [0.15, 0.2) is 36.4 Å². The molecule has 1 aliphatic rings. The summed E-state index contributed by atoms with van der Waals surface area (Å²) >= 11 is 0. The Morgan fingerprint density at radius 1 is 1.03 bits per heavy atom. The fraction of sp³-hybridized carbons (Fsp3) is 0.250. The van der Waals surface area contributed by atoms with E-state index in [9.17, 15) is 4.79 Å². The summed E-state index contributed by atoms with van der Waals surface area (Å²) in [7, 11) is 1.58. The summed E-state index contributed by atoms with van der Waals surface area (Å²) in [5, 5.41) is 20.8. The maximum Gasteiger partial charge on any atom is 0.414 e. The number of carboxylic acids is 2. The summed E-state index contributed by atoms with van der Waals surface area (Å²) < 4.78 is 15.9. The van der Waals surface area contributed by atoms with Gasteiger partial charge in [0.05, 0.1) is 19.3 Å². The fourth-order valence-electron chi connectivity index (χ4n) is 2.49. The van der Waals surface area contributed by atoms with Crippen molar-refractivity contribution in [3.63, 3.8) is 0 Å². The van der Waals surface area contributed by atoms with Crippen molar-refractivity contribution in [1.82, 2.24) is 5.32 Å². The summed E-state index contributed by atoms with van der Waals surface area (Å²) in [5.74, 6) is -1.64. The number of aryl methyl sites for hydroxylation is 1. The van der Waals surface area contributed by atoms with Crippen LogP contribution in [0.25, 0.3) is 0 Å². The van der Waals surface area contributed by atoms with Crippen LogP contribution < -0.4 is 24.8 Å². The van der Waals surface area contributed by atoms with E-state index in [2.05, 4.69) is 10.6 Å². The second-order valence-corrected chi connectivity index (χ2v) is 6.15. The molecule has 10 nitrogen and oxygen atoms in total. The molecule has 0 saturated carbocycles. The first-order valence-corrected chi connectivity index (χ1v) is 8.80. The zero-order chi connectivity index (χ0) is 22.1. The molecule has 0 aliphatic carbocycles. The number of fused-ring (bicyclic) bond motifs is 1. The first-order valence-electron chi connectivity index (χ1n) is 8.80. The lowest BCUT2D eigenvalue weighted by Gasteiger charge is -2.11. The molecular formula is C20H22N2O8. The SMILES string of the molecule is COc1ccc(C)cc1NC(=O)CNCc1ccc2c(c1)OCO2.O=C(O)C(=O)O. The van der Waals surface area contributed by atoms with E-state index in [1.54, 1.807) is 7.11 Å². The Balaban J connectivity index is 0.000000469. The van der Waals surface area contributed by atoms with Crippen molar-refractivity contribution in [1.29, 1.82) is 0 Å². The number of rotatable bonds is 6. The minimum atomic E-state index is -1.82. The van der Waals surface area contributed by atoms with Gasteiger partial charge in [0.2, 0.25) is 12.7 Å². The standard InChI is InChI=1S/C18H20N2O4.C2H2O4/c1-12-3-5-15(22-2)14(7-12)20-18(21)10-19-9-13-4-6-16-17(8-13)24-11-23-16;3-1(4)2(5)6/h3-8,19H,9-11H2,1-2H3,(H,20,21);(H,3,4)(H,5,6). The zero-order valence-electron chi connectivity index (χ0n) is 16.4. The van der Waals surface area contributed by atoms with E-state index < -0.39 is 11.9 Å². The Labute approximate surface area is 172 Å². The number of aliphatic carboxylic acids is 2. The normalized spacial score (nSPS) is 11.1. The van der Waals surface area contributed by atoms with Gasteiger partial charge in [-0.3, -0.25) is 4.79 Å². The van der Waals surface area contributed by atoms with E-state index in [0.717, 1.165) is 22.6 Å². The van der Waals surface area contributed by atoms with E-state index >= 15 is 0 Å². The first kappa shape index (κ1) is 22.5. The number of carbonyl (C=O) groups is 3. The van der Waals surface area contributed by atoms with Crippen LogP contribution in [-0.4, -0.2) is 48.5 Å². The second-order valence-electron chi connectivity index (χ2n) is 6.15. The van der Waals surface area contributed by atoms with Gasteiger partial charge in [0.15, 0.2) is 11.5 Å². The fourth-order valence-corrected chi connectivity index (χ4v) is 2.49. The molecule has 10 heteroatoms. The van der Waals surface area contributed by atoms with Crippen molar-refractivity contribution in [3.8, 4) is 17.2 Å². The minimum Gasteiger partial charge on any atom is -0.495 e. The summed E-state index contributed by atoms with van der Waals surface area (Å²) in [6.07, 6.45) is 0. The summed E-state index contributed by atoms with van der Waals surface area (Å²) in [5.41, 5.74) is 2.76. The average Bonchev–Trinajstić information content (AvgIpc) is 3.16. The van der Waals surface area contributed by atoms with E-state index in [4.69, 9.17) is 34.0 Å². The molecule has 2 aromatic rings. The number of methoxy groups -OCH3 is 1. The van der Waals surface area contributed by atoms with Crippen LogP contribution in [-0.2, 0) is 20.9 Å². The van der Waals surface area contributed by atoms with E-state index in [1.807, 2.05) is 43.3 Å². The van der Waals surface area contributed by atoms with Crippen molar-refractivity contribution < 1.29 is 38.8 Å². The van der Waals surface area contributed by atoms with Crippen molar-refractivity contribution in [2.24, 2.45) is 0 Å². The largest absolute Gasteiger partial charge is 0.495 e. The Bertz CT molecular complexity index is 917. The van der Waals surface area contributed by atoms with Crippen LogP contribution in [0.1, 0.15) is 11.1 Å². The number of hydrogen-bond acceptors (Lipinski definition) is 7. The van der Waals surface area contributed by atoms with Crippen LogP contribution in [0.2, 0.25) is 0 Å². The van der Waals surface area contributed by atoms with Crippen molar-refractivity contribution >= 4 is 23.5 Å². The highest BCUT2D eigenvalue weighted by Crippen LogP contribution is 2.32. The van der Waals surface area contributed by atoms with Crippen LogP contribution >= 0.6 is 0 Å². The first-order chi connectivity index (χ1) is 14.3. The quantitative estimate of drug-likeness (QED) is 0.514. The van der Waals surface area contributed by atoms with Crippen LogP contribution in [0.4, 0.5) is 5.69 Å². The van der Waals surface area contributed by atoms with Crippen molar-refractivity contribution in [2.75, 3.05) is 25.8 Å². The molecule has 1 aliphatic heterocycles. The third-order valence-electron chi connectivity index (χ3n) is 3.86. The molecule has 0 bridgehead atoms. The molecule has 0 radical (unpaired) electrons. The van der Waals surface area contributed by atoms with Crippen LogP contribution in [0.5, 0.6) is 17.2 Å². The Morgan fingerprint density at radius 3 is 2.40 bits per heavy atom. The Hall–Kier alpha value is -3.79. The lowest BCUT2D eigenvalue weighted by Crippen LogP contribution is -2.27. The monoisotopic (exact) mass is 418 g/mol. The highest BCUT2D eigenvalue weighted by atomic mass is 16.7. The van der Waals surface area contributed by atoms with Crippen molar-refractivity contribution in [3.05, 3.63) is 47.5 Å². The summed E-state index contributed by atoms with van der Waals surface area (Å²) in [4.78, 5) is 30.3. The number of carbonyl (C=O) groups excluding carboxylic acids is 1. The molecule has 2 aromatic carbocycles. The maximum absolute atomic E-state index is 12.1. The molecule has 0 aromatic heterocycles. The minimum absolute atomic E-state index is 0.125. The topological polar surface area (TPSA) is 143 Å². The summed E-state index contributed by atoms with van der Waals surface area (Å²) in [6.45, 7) is 2.99. The molecule has 0 atom stereocenters. The predicted molar refractivity (Wildman–Crippen MR) is 106 cm³/mol. The molecule has 1 heterocycles. The summed E-state index contributed by atoms with van der Waals surface area (Å²) in [6, 6.07) is 11.4. The lowest BCUT2D eigenvalue weighted by atomic mass is 10.2. The number of benzene rings is 2. The third-order valence-corrected chi connectivity index (χ3v) is 3.86. The number of ether oxygens (including phenoxy) is 3. The van der Waals surface area contributed by atoms with Crippen molar-refractivity contribution in [2.45, 2.75) is 13.5 Å². The molecule has 0 spiro atoms. The van der Waals surface area contributed by atoms with Gasteiger partial charge < -0.3 is 35.1 Å². The molecule has 4 N–H and O–H groups in total. The van der Waals surface area contributed by atoms with Gasteiger partial charge in [-0.1, -0.05) is 12.1 Å². The van der Waals surface area contributed by atoms with E-state index in [1.165, 1.54) is 0 Å². The lowest BCUT2D eigenvalue weighted by molar-refractivity contribution is -0.159. The number of carboxylic acid groups (broad SMARTS) is 2. The van der Waals surface area contributed by atoms with Gasteiger partial charge >= 0.3 is 11.9 Å². The predicted octanol–water partition coefficient (Wildman–Crippen LogP) is 1.62. The third kappa shape index (κ3) is 6.67. The van der Waals surface area contributed by atoms with Gasteiger partial charge in [-0.15, -0.1) is 0 Å². The Kier molecular flexibility index (Phi) is 8.00. The maximum atomic E-state index is 12.1. The van der Waals surface area contributed by atoms with E-state index in [-0.39, 0.29) is 19.2 Å². The molecule has 0 fully saturated rings. The van der Waals surface area contributed by atoms with Gasteiger partial charge in [0.25, 0.3) is 0 Å². The molecule has 3 rings (SSSR count). The molecule has 30 heavy (non-hydrogen) atoms. The highest BCUT2D eigenvalue weighted by Gasteiger charge is 2.13. The highest BCUT2D eigenvalue weighted by molar-refractivity contribution is 6.27. The number of hydrogen-bond donors (Lipinski definition) is 4. The van der Waals surface area contributed by atoms with Gasteiger partial charge in [0.1, 0.15) is 5.75 Å². The van der Waals surface area contributed by atoms with Gasteiger partial charge in [-0.25, -0.2) is 9.59 Å². The molecular weight excluding hydrogens is 396 g/mol. The number of anilines is 1. The number of amides is 1. The zero-order valence-corrected chi connectivity index (χ0v) is 16.4. The van der Waals surface area contributed by atoms with Crippen LogP contribution in [0.3, 0.4) is 0 Å². The van der Waals surface area contributed by atoms with Gasteiger partial charge in [-0.2, -0.15) is 0 Å². The van der Waals surface area contributed by atoms with Gasteiger partial charge in [-0.05, 0) is 42.3 Å². The molecule has 0 unspecified atom stereocenters. The average molecular weight is 418 g/mol. The Morgan fingerprint density at radius 2 is 1.73 bits per heavy atom. The number of nitrogens with one attached hydrogen (secondary N) is 2. The molecule has 1 amide bonds. The van der Waals surface area contributed by atoms with Gasteiger partial charge in [0, 0.05) is 6.54 Å². The van der Waals surface area contributed by atoms with E-state index in [0.29, 0.717) is 18.0 Å². The van der Waals surface area contributed by atoms with Crippen LogP contribution in [0, 0.1) is 6.92 Å².